The molecule has 158 valence electrons. The first-order valence-corrected chi connectivity index (χ1v) is 11.0. The molecule has 0 spiro atoms. The first-order chi connectivity index (χ1) is 14.5. The second kappa shape index (κ2) is 10.2. The van der Waals surface area contributed by atoms with E-state index in [1.807, 2.05) is 38.2 Å². The molecule has 0 bridgehead atoms. The molecule has 2 N–H and O–H groups in total. The molecule has 1 unspecified atom stereocenters. The molecule has 0 aliphatic heterocycles. The van der Waals surface area contributed by atoms with Gasteiger partial charge >= 0.3 is 0 Å². The Balaban J connectivity index is 1.52. The van der Waals surface area contributed by atoms with Crippen LogP contribution in [0.3, 0.4) is 0 Å². The predicted octanol–water partition coefficient (Wildman–Crippen LogP) is 2.43. The van der Waals surface area contributed by atoms with Crippen molar-refractivity contribution in [3.8, 4) is 5.75 Å². The van der Waals surface area contributed by atoms with Crippen LogP contribution in [0.1, 0.15) is 24.4 Å². The normalized spacial score (nSPS) is 11.7. The van der Waals surface area contributed by atoms with Gasteiger partial charge in [-0.1, -0.05) is 23.9 Å². The summed E-state index contributed by atoms with van der Waals surface area (Å²) in [4.78, 5) is 28.4. The topological polar surface area (TPSA) is 111 Å². The molecule has 2 amide bonds. The van der Waals surface area contributed by atoms with Gasteiger partial charge in [0.05, 0.1) is 25.3 Å². The zero-order chi connectivity index (χ0) is 21.5. The van der Waals surface area contributed by atoms with E-state index >= 15 is 0 Å². The Morgan fingerprint density at radius 3 is 2.67 bits per heavy atom. The van der Waals surface area contributed by atoms with Crippen LogP contribution in [-0.2, 0) is 23.1 Å². The van der Waals surface area contributed by atoms with E-state index in [0.717, 1.165) is 11.3 Å². The summed E-state index contributed by atoms with van der Waals surface area (Å²) in [5.41, 5.74) is 0.890. The molecule has 3 rings (SSSR count). The number of thioether (sulfide) groups is 1. The molecule has 30 heavy (non-hydrogen) atoms. The predicted molar refractivity (Wildman–Crippen MR) is 116 cm³/mol. The fourth-order valence-electron chi connectivity index (χ4n) is 2.69. The third-order valence-corrected chi connectivity index (χ3v) is 5.88. The van der Waals surface area contributed by atoms with Gasteiger partial charge in [-0.15, -0.1) is 21.5 Å². The lowest BCUT2D eigenvalue weighted by Crippen LogP contribution is -2.29. The minimum atomic E-state index is -0.327. The number of benzene rings is 1. The van der Waals surface area contributed by atoms with Gasteiger partial charge in [0.25, 0.3) is 0 Å². The Kier molecular flexibility index (Phi) is 7.41. The molecule has 11 heteroatoms. The minimum absolute atomic E-state index is 0.118. The Labute approximate surface area is 182 Å². The number of methoxy groups -OCH3 is 1. The van der Waals surface area contributed by atoms with Crippen LogP contribution in [-0.4, -0.2) is 44.4 Å². The Bertz CT molecular complexity index is 988. The summed E-state index contributed by atoms with van der Waals surface area (Å²) in [7, 11) is 3.41. The minimum Gasteiger partial charge on any atom is -0.497 e. The van der Waals surface area contributed by atoms with Crippen LogP contribution in [0, 0.1) is 0 Å². The van der Waals surface area contributed by atoms with Gasteiger partial charge in [-0.2, -0.15) is 0 Å². The van der Waals surface area contributed by atoms with Crippen LogP contribution in [0.4, 0.5) is 5.13 Å². The molecule has 2 heterocycles. The summed E-state index contributed by atoms with van der Waals surface area (Å²) in [6, 6.07) is 7.03. The van der Waals surface area contributed by atoms with E-state index in [1.165, 1.54) is 23.1 Å². The van der Waals surface area contributed by atoms with Crippen molar-refractivity contribution in [3.05, 3.63) is 47.2 Å². The van der Waals surface area contributed by atoms with Gasteiger partial charge in [-0.25, -0.2) is 4.98 Å². The summed E-state index contributed by atoms with van der Waals surface area (Å²) in [5.74, 6) is 1.26. The number of hydrogen-bond acceptors (Lipinski definition) is 8. The van der Waals surface area contributed by atoms with E-state index in [1.54, 1.807) is 23.3 Å². The molecule has 0 saturated heterocycles. The fourth-order valence-corrected chi connectivity index (χ4v) is 3.95. The number of amides is 2. The van der Waals surface area contributed by atoms with Crippen molar-refractivity contribution >= 4 is 40.0 Å². The van der Waals surface area contributed by atoms with Gasteiger partial charge in [-0.3, -0.25) is 9.59 Å². The molecule has 1 atom stereocenters. The first-order valence-electron chi connectivity index (χ1n) is 9.10. The van der Waals surface area contributed by atoms with Crippen LogP contribution in [0.15, 0.2) is 41.0 Å². The molecular weight excluding hydrogens is 424 g/mol. The maximum absolute atomic E-state index is 12.4. The maximum Gasteiger partial charge on any atom is 0.236 e. The van der Waals surface area contributed by atoms with Crippen LogP contribution in [0.25, 0.3) is 0 Å². The van der Waals surface area contributed by atoms with E-state index in [0.29, 0.717) is 16.1 Å². The van der Waals surface area contributed by atoms with Gasteiger partial charge < -0.3 is 19.9 Å². The van der Waals surface area contributed by atoms with E-state index in [9.17, 15) is 9.59 Å². The number of hydrogen-bond donors (Lipinski definition) is 2. The van der Waals surface area contributed by atoms with E-state index in [-0.39, 0.29) is 30.0 Å². The first kappa shape index (κ1) is 21.8. The van der Waals surface area contributed by atoms with Crippen LogP contribution < -0.4 is 15.4 Å². The molecule has 3 aromatic rings. The molecule has 0 saturated carbocycles. The summed E-state index contributed by atoms with van der Waals surface area (Å²) in [6.45, 7) is 1.85. The van der Waals surface area contributed by atoms with E-state index < -0.39 is 0 Å². The van der Waals surface area contributed by atoms with Crippen molar-refractivity contribution in [3.63, 3.8) is 0 Å². The lowest BCUT2D eigenvalue weighted by atomic mass is 10.1. The molecule has 0 aliphatic carbocycles. The Morgan fingerprint density at radius 1 is 1.23 bits per heavy atom. The van der Waals surface area contributed by atoms with Gasteiger partial charge in [-0.05, 0) is 24.6 Å². The number of carbonyl (C=O) groups excluding carboxylic acids is 2. The number of thiazole rings is 1. The quantitative estimate of drug-likeness (QED) is 0.486. The Morgan fingerprint density at radius 2 is 2.00 bits per heavy atom. The van der Waals surface area contributed by atoms with Crippen molar-refractivity contribution in [2.24, 2.45) is 7.05 Å². The lowest BCUT2D eigenvalue weighted by molar-refractivity contribution is -0.121. The third-order valence-electron chi connectivity index (χ3n) is 4.17. The smallest absolute Gasteiger partial charge is 0.236 e. The number of aromatic nitrogens is 4. The molecular formula is C19H22N6O3S2. The molecule has 0 fully saturated rings. The second-order valence-corrected chi connectivity index (χ2v) is 8.23. The molecule has 0 radical (unpaired) electrons. The molecule has 1 aromatic carbocycles. The highest BCUT2D eigenvalue weighted by atomic mass is 32.2. The standard InChI is InChI=1S/C19H22N6O3S2/c1-12(21-15(26)10-13-4-6-14(28-3)7-5-13)17-23-24-19(25(17)2)30-11-16(27)22-18-20-8-9-29-18/h4-9,12H,10-11H2,1-3H3,(H,21,26)(H,20,22,27). The number of rotatable bonds is 9. The van der Waals surface area contributed by atoms with Crippen molar-refractivity contribution in [2.75, 3.05) is 18.2 Å². The zero-order valence-electron chi connectivity index (χ0n) is 16.8. The lowest BCUT2D eigenvalue weighted by Gasteiger charge is -2.13. The van der Waals surface area contributed by atoms with Crippen molar-refractivity contribution in [1.82, 2.24) is 25.1 Å². The van der Waals surface area contributed by atoms with Crippen molar-refractivity contribution in [2.45, 2.75) is 24.5 Å². The maximum atomic E-state index is 12.4. The number of ether oxygens (including phenoxy) is 1. The third kappa shape index (κ3) is 5.80. The van der Waals surface area contributed by atoms with Crippen molar-refractivity contribution in [1.29, 1.82) is 0 Å². The van der Waals surface area contributed by atoms with Gasteiger partial charge in [0.2, 0.25) is 11.8 Å². The van der Waals surface area contributed by atoms with Crippen molar-refractivity contribution < 1.29 is 14.3 Å². The van der Waals surface area contributed by atoms with Gasteiger partial charge in [0.15, 0.2) is 16.1 Å². The highest BCUT2D eigenvalue weighted by Gasteiger charge is 2.18. The summed E-state index contributed by atoms with van der Waals surface area (Å²) >= 11 is 2.63. The molecule has 9 nitrogen and oxygen atoms in total. The highest BCUT2D eigenvalue weighted by Crippen LogP contribution is 2.20. The number of carbonyl (C=O) groups is 2. The fraction of sp³-hybridized carbons (Fsp3) is 0.316. The summed E-state index contributed by atoms with van der Waals surface area (Å²) < 4.78 is 6.90. The summed E-state index contributed by atoms with van der Waals surface area (Å²) in [6.07, 6.45) is 1.89. The number of nitrogens with zero attached hydrogens (tertiary/aromatic N) is 4. The number of nitrogens with one attached hydrogen (secondary N) is 2. The molecule has 0 aliphatic rings. The van der Waals surface area contributed by atoms with Crippen LogP contribution in [0.2, 0.25) is 0 Å². The van der Waals surface area contributed by atoms with Crippen LogP contribution in [0.5, 0.6) is 5.75 Å². The second-order valence-electron chi connectivity index (χ2n) is 6.39. The largest absolute Gasteiger partial charge is 0.497 e. The van der Waals surface area contributed by atoms with Crippen LogP contribution >= 0.6 is 23.1 Å². The average molecular weight is 447 g/mol. The molecule has 2 aromatic heterocycles. The van der Waals surface area contributed by atoms with E-state index in [2.05, 4.69) is 25.8 Å². The number of anilines is 1. The SMILES string of the molecule is COc1ccc(CC(=O)NC(C)c2nnc(SCC(=O)Nc3nccs3)n2C)cc1. The monoisotopic (exact) mass is 446 g/mol. The zero-order valence-corrected chi connectivity index (χ0v) is 18.4. The van der Waals surface area contributed by atoms with E-state index in [4.69, 9.17) is 4.74 Å². The van der Waals surface area contributed by atoms with Gasteiger partial charge in [0, 0.05) is 18.6 Å². The highest BCUT2D eigenvalue weighted by molar-refractivity contribution is 7.99. The average Bonchev–Trinajstić information content (AvgIpc) is 3.36. The summed E-state index contributed by atoms with van der Waals surface area (Å²) in [5, 5.41) is 16.9. The van der Waals surface area contributed by atoms with Gasteiger partial charge in [0.1, 0.15) is 5.75 Å². The Hall–Kier alpha value is -2.92.